The van der Waals surface area contributed by atoms with Gasteiger partial charge in [0.05, 0.1) is 19.0 Å². The Morgan fingerprint density at radius 3 is 3.17 bits per heavy atom. The monoisotopic (exact) mass is 249 g/mol. The molecule has 1 aliphatic heterocycles. The Kier molecular flexibility index (Phi) is 2.85. The van der Waals surface area contributed by atoms with Crippen LogP contribution in [-0.2, 0) is 9.47 Å². The van der Waals surface area contributed by atoms with E-state index in [-0.39, 0.29) is 12.3 Å². The molecule has 0 saturated carbocycles. The summed E-state index contributed by atoms with van der Waals surface area (Å²) in [5.74, 6) is 0.394. The molecule has 7 heteroatoms. The molecule has 1 fully saturated rings. The van der Waals surface area contributed by atoms with Crippen molar-refractivity contribution in [2.24, 2.45) is 0 Å². The van der Waals surface area contributed by atoms with Crippen molar-refractivity contribution in [3.05, 3.63) is 12.7 Å². The van der Waals surface area contributed by atoms with E-state index in [0.29, 0.717) is 23.6 Å². The second kappa shape index (κ2) is 4.51. The summed E-state index contributed by atoms with van der Waals surface area (Å²) >= 11 is 0. The molecule has 0 spiro atoms. The number of nitrogens with zero attached hydrogens (tertiary/aromatic N) is 4. The summed E-state index contributed by atoms with van der Waals surface area (Å²) in [5.41, 5.74) is 7.09. The van der Waals surface area contributed by atoms with Crippen LogP contribution in [0.1, 0.15) is 19.1 Å². The summed E-state index contributed by atoms with van der Waals surface area (Å²) in [6, 6.07) is 0. The van der Waals surface area contributed by atoms with Gasteiger partial charge in [-0.3, -0.25) is 4.57 Å². The maximum Gasteiger partial charge on any atom is 0.167 e. The molecular weight excluding hydrogens is 234 g/mol. The molecule has 0 amide bonds. The third-order valence-electron chi connectivity index (χ3n) is 3.14. The fraction of sp³-hybridized carbons (Fsp3) is 0.545. The molecule has 2 N–H and O–H groups in total. The molecule has 0 aromatic carbocycles. The van der Waals surface area contributed by atoms with E-state index in [4.69, 9.17) is 15.2 Å². The van der Waals surface area contributed by atoms with Gasteiger partial charge in [-0.1, -0.05) is 0 Å². The molecule has 2 atom stereocenters. The number of fused-ring (bicyclic) bond motifs is 1. The van der Waals surface area contributed by atoms with Gasteiger partial charge in [-0.2, -0.15) is 0 Å². The molecule has 3 rings (SSSR count). The van der Waals surface area contributed by atoms with Gasteiger partial charge in [0.25, 0.3) is 0 Å². The highest BCUT2D eigenvalue weighted by Crippen LogP contribution is 2.30. The van der Waals surface area contributed by atoms with Gasteiger partial charge in [0.2, 0.25) is 0 Å². The number of imidazole rings is 1. The summed E-state index contributed by atoms with van der Waals surface area (Å²) in [5, 5.41) is 0. The minimum absolute atomic E-state index is 0.0514. The Labute approximate surface area is 104 Å². The van der Waals surface area contributed by atoms with E-state index < -0.39 is 0 Å². The van der Waals surface area contributed by atoms with Crippen LogP contribution in [0.2, 0.25) is 0 Å². The van der Waals surface area contributed by atoms with E-state index in [1.807, 2.05) is 4.57 Å². The maximum atomic E-state index is 5.89. The molecule has 18 heavy (non-hydrogen) atoms. The lowest BCUT2D eigenvalue weighted by Crippen LogP contribution is -2.15. The van der Waals surface area contributed by atoms with Crippen LogP contribution in [0.25, 0.3) is 11.2 Å². The lowest BCUT2D eigenvalue weighted by atomic mass is 10.2. The van der Waals surface area contributed by atoms with Gasteiger partial charge in [-0.25, -0.2) is 15.0 Å². The first kappa shape index (κ1) is 11.4. The third-order valence-corrected chi connectivity index (χ3v) is 3.14. The average molecular weight is 249 g/mol. The highest BCUT2D eigenvalue weighted by molar-refractivity contribution is 5.81. The van der Waals surface area contributed by atoms with Crippen LogP contribution in [0.4, 0.5) is 5.82 Å². The van der Waals surface area contributed by atoms with Crippen molar-refractivity contribution in [3.8, 4) is 0 Å². The summed E-state index contributed by atoms with van der Waals surface area (Å²) < 4.78 is 12.9. The average Bonchev–Trinajstić information content (AvgIpc) is 2.96. The SMILES string of the molecule is COC[C@@H]1CC[C@H](n2cnc3c(N)ncnc32)O1. The largest absolute Gasteiger partial charge is 0.382 e. The van der Waals surface area contributed by atoms with Crippen molar-refractivity contribution in [1.82, 2.24) is 19.5 Å². The fourth-order valence-corrected chi connectivity index (χ4v) is 2.28. The summed E-state index contributed by atoms with van der Waals surface area (Å²) in [6.45, 7) is 0.611. The Bertz CT molecular complexity index is 555. The zero-order valence-corrected chi connectivity index (χ0v) is 10.1. The fourth-order valence-electron chi connectivity index (χ4n) is 2.28. The molecule has 0 radical (unpaired) electrons. The molecule has 0 unspecified atom stereocenters. The number of nitrogen functional groups attached to an aromatic ring is 1. The molecule has 0 bridgehead atoms. The Hall–Kier alpha value is -1.73. The lowest BCUT2D eigenvalue weighted by Gasteiger charge is -2.14. The van der Waals surface area contributed by atoms with E-state index in [0.717, 1.165) is 12.8 Å². The number of hydrogen-bond donors (Lipinski definition) is 1. The van der Waals surface area contributed by atoms with Gasteiger partial charge in [0.1, 0.15) is 18.1 Å². The van der Waals surface area contributed by atoms with Crippen LogP contribution in [0.3, 0.4) is 0 Å². The lowest BCUT2D eigenvalue weighted by molar-refractivity contribution is -0.0300. The molecule has 7 nitrogen and oxygen atoms in total. The van der Waals surface area contributed by atoms with Crippen LogP contribution in [0, 0.1) is 0 Å². The minimum atomic E-state index is -0.0514. The molecule has 1 aliphatic rings. The predicted molar refractivity (Wildman–Crippen MR) is 64.8 cm³/mol. The van der Waals surface area contributed by atoms with E-state index in [1.54, 1.807) is 13.4 Å². The topological polar surface area (TPSA) is 88.1 Å². The zero-order valence-electron chi connectivity index (χ0n) is 10.1. The number of ether oxygens (including phenoxy) is 2. The molecule has 96 valence electrons. The summed E-state index contributed by atoms with van der Waals surface area (Å²) in [4.78, 5) is 12.4. The molecule has 0 aliphatic carbocycles. The standard InChI is InChI=1S/C11H15N5O2/c1-17-4-7-2-3-8(18-7)16-6-15-9-10(12)13-5-14-11(9)16/h5-8H,2-4H2,1H3,(H2,12,13,14)/t7-,8+/m0/s1. The Balaban J connectivity index is 1.89. The van der Waals surface area contributed by atoms with Gasteiger partial charge in [0, 0.05) is 7.11 Å². The highest BCUT2D eigenvalue weighted by atomic mass is 16.5. The smallest absolute Gasteiger partial charge is 0.167 e. The minimum Gasteiger partial charge on any atom is -0.382 e. The van der Waals surface area contributed by atoms with Crippen molar-refractivity contribution in [3.63, 3.8) is 0 Å². The Morgan fingerprint density at radius 1 is 1.44 bits per heavy atom. The summed E-state index contributed by atoms with van der Waals surface area (Å²) in [6.07, 6.45) is 5.12. The van der Waals surface area contributed by atoms with E-state index >= 15 is 0 Å². The van der Waals surface area contributed by atoms with Gasteiger partial charge in [-0.15, -0.1) is 0 Å². The number of aromatic nitrogens is 4. The normalized spacial score (nSPS) is 23.8. The second-order valence-corrected chi connectivity index (χ2v) is 4.33. The van der Waals surface area contributed by atoms with Crippen LogP contribution in [0.15, 0.2) is 12.7 Å². The predicted octanol–water partition coefficient (Wildman–Crippen LogP) is 0.732. The van der Waals surface area contributed by atoms with Crippen LogP contribution < -0.4 is 5.73 Å². The first-order valence-electron chi connectivity index (χ1n) is 5.87. The maximum absolute atomic E-state index is 5.89. The molecule has 1 saturated heterocycles. The van der Waals surface area contributed by atoms with Gasteiger partial charge in [0.15, 0.2) is 11.5 Å². The molecule has 3 heterocycles. The van der Waals surface area contributed by atoms with Gasteiger partial charge >= 0.3 is 0 Å². The number of methoxy groups -OCH3 is 1. The van der Waals surface area contributed by atoms with Crippen molar-refractivity contribution in [2.45, 2.75) is 25.2 Å². The van der Waals surface area contributed by atoms with E-state index in [1.165, 1.54) is 6.33 Å². The summed E-state index contributed by atoms with van der Waals surface area (Å²) in [7, 11) is 1.68. The number of hydrogen-bond acceptors (Lipinski definition) is 6. The Morgan fingerprint density at radius 2 is 2.33 bits per heavy atom. The van der Waals surface area contributed by atoms with E-state index in [2.05, 4.69) is 15.0 Å². The van der Waals surface area contributed by atoms with Crippen molar-refractivity contribution in [1.29, 1.82) is 0 Å². The van der Waals surface area contributed by atoms with Crippen LogP contribution >= 0.6 is 0 Å². The van der Waals surface area contributed by atoms with Crippen LogP contribution in [0.5, 0.6) is 0 Å². The molecule has 2 aromatic heterocycles. The van der Waals surface area contributed by atoms with Gasteiger partial charge in [-0.05, 0) is 12.8 Å². The van der Waals surface area contributed by atoms with Crippen molar-refractivity contribution >= 4 is 17.0 Å². The van der Waals surface area contributed by atoms with Crippen LogP contribution in [-0.4, -0.2) is 39.3 Å². The molecule has 2 aromatic rings. The highest BCUT2D eigenvalue weighted by Gasteiger charge is 2.28. The van der Waals surface area contributed by atoms with Crippen molar-refractivity contribution in [2.75, 3.05) is 19.5 Å². The quantitative estimate of drug-likeness (QED) is 0.862. The molecular formula is C11H15N5O2. The second-order valence-electron chi connectivity index (χ2n) is 4.33. The van der Waals surface area contributed by atoms with Gasteiger partial charge < -0.3 is 15.2 Å². The van der Waals surface area contributed by atoms with Crippen molar-refractivity contribution < 1.29 is 9.47 Å². The van der Waals surface area contributed by atoms with E-state index in [9.17, 15) is 0 Å². The number of nitrogens with two attached hydrogens (primary N) is 1. The first-order chi connectivity index (χ1) is 8.79. The number of anilines is 1. The first-order valence-corrected chi connectivity index (χ1v) is 5.87. The zero-order chi connectivity index (χ0) is 12.5. The number of rotatable bonds is 3. The third kappa shape index (κ3) is 1.81.